The third-order valence-electron chi connectivity index (χ3n) is 2.51. The fraction of sp³-hybridized carbons (Fsp3) is 0.385. The number of carbonyl (C=O) groups excluding carboxylic acids is 2. The molecule has 17 heavy (non-hydrogen) atoms. The molecule has 92 valence electrons. The van der Waals surface area contributed by atoms with Crippen LogP contribution in [-0.4, -0.2) is 24.4 Å². The van der Waals surface area contributed by atoms with Crippen molar-refractivity contribution in [1.29, 1.82) is 0 Å². The van der Waals surface area contributed by atoms with E-state index in [9.17, 15) is 9.59 Å². The molecule has 0 aliphatic rings. The normalized spacial score (nSPS) is 13.8. The van der Waals surface area contributed by atoms with E-state index in [-0.39, 0.29) is 12.4 Å². The second-order valence-corrected chi connectivity index (χ2v) is 3.78. The molecule has 0 saturated heterocycles. The fourth-order valence-electron chi connectivity index (χ4n) is 1.73. The van der Waals surface area contributed by atoms with E-state index in [0.717, 1.165) is 5.56 Å². The maximum atomic E-state index is 11.6. The van der Waals surface area contributed by atoms with Crippen molar-refractivity contribution in [3.05, 3.63) is 35.9 Å². The minimum Gasteiger partial charge on any atom is -0.465 e. The molecule has 0 heterocycles. The summed E-state index contributed by atoms with van der Waals surface area (Å²) in [6.07, 6.45) is 0. The summed E-state index contributed by atoms with van der Waals surface area (Å²) < 4.78 is 4.84. The highest BCUT2D eigenvalue weighted by molar-refractivity contribution is 5.91. The predicted molar refractivity (Wildman–Crippen MR) is 64.5 cm³/mol. The monoisotopic (exact) mass is 235 g/mol. The van der Waals surface area contributed by atoms with E-state index in [1.54, 1.807) is 19.1 Å². The Labute approximate surface area is 101 Å². The lowest BCUT2D eigenvalue weighted by molar-refractivity contribution is -0.146. The predicted octanol–water partition coefficient (Wildman–Crippen LogP) is 1.25. The SMILES string of the molecule is CCOC(=O)[C@@H](N)[C@@H](C(C)=O)c1ccccc1. The second kappa shape index (κ2) is 6.15. The van der Waals surface area contributed by atoms with Gasteiger partial charge in [0.2, 0.25) is 0 Å². The molecule has 1 aromatic carbocycles. The Morgan fingerprint density at radius 2 is 1.88 bits per heavy atom. The highest BCUT2D eigenvalue weighted by atomic mass is 16.5. The summed E-state index contributed by atoms with van der Waals surface area (Å²) in [6.45, 7) is 3.39. The number of carbonyl (C=O) groups is 2. The molecule has 0 aromatic heterocycles. The topological polar surface area (TPSA) is 69.4 Å². The van der Waals surface area contributed by atoms with Gasteiger partial charge in [-0.25, -0.2) is 0 Å². The number of nitrogens with two attached hydrogens (primary N) is 1. The quantitative estimate of drug-likeness (QED) is 0.780. The molecule has 0 saturated carbocycles. The van der Waals surface area contributed by atoms with Crippen LogP contribution in [0, 0.1) is 0 Å². The molecule has 2 N–H and O–H groups in total. The van der Waals surface area contributed by atoms with E-state index in [1.165, 1.54) is 6.92 Å². The zero-order valence-corrected chi connectivity index (χ0v) is 10.1. The van der Waals surface area contributed by atoms with Gasteiger partial charge < -0.3 is 10.5 Å². The van der Waals surface area contributed by atoms with Gasteiger partial charge in [0.15, 0.2) is 0 Å². The number of rotatable bonds is 5. The van der Waals surface area contributed by atoms with Crippen LogP contribution in [0.3, 0.4) is 0 Å². The highest BCUT2D eigenvalue weighted by Gasteiger charge is 2.30. The van der Waals surface area contributed by atoms with Gasteiger partial charge in [0.05, 0.1) is 12.5 Å². The Morgan fingerprint density at radius 1 is 1.29 bits per heavy atom. The first-order chi connectivity index (χ1) is 8.07. The van der Waals surface area contributed by atoms with Crippen LogP contribution in [0.25, 0.3) is 0 Å². The van der Waals surface area contributed by atoms with Crippen LogP contribution >= 0.6 is 0 Å². The fourth-order valence-corrected chi connectivity index (χ4v) is 1.73. The molecule has 0 unspecified atom stereocenters. The molecule has 0 aliphatic heterocycles. The Morgan fingerprint density at radius 3 is 2.35 bits per heavy atom. The van der Waals surface area contributed by atoms with Crippen molar-refractivity contribution in [2.75, 3.05) is 6.61 Å². The first kappa shape index (κ1) is 13.4. The first-order valence-electron chi connectivity index (χ1n) is 5.55. The molecule has 0 radical (unpaired) electrons. The average molecular weight is 235 g/mol. The van der Waals surface area contributed by atoms with Crippen LogP contribution in [0.2, 0.25) is 0 Å². The molecular formula is C13H17NO3. The number of benzene rings is 1. The number of esters is 1. The number of ether oxygens (including phenoxy) is 1. The molecule has 1 aromatic rings. The standard InChI is InChI=1S/C13H17NO3/c1-3-17-13(16)12(14)11(9(2)15)10-7-5-4-6-8-10/h4-8,11-12H,3,14H2,1-2H3/t11-,12-/m0/s1. The lowest BCUT2D eigenvalue weighted by atomic mass is 9.89. The third-order valence-corrected chi connectivity index (χ3v) is 2.51. The minimum absolute atomic E-state index is 0.142. The summed E-state index contributed by atoms with van der Waals surface area (Å²) >= 11 is 0. The van der Waals surface area contributed by atoms with E-state index in [4.69, 9.17) is 10.5 Å². The third kappa shape index (κ3) is 3.39. The molecule has 0 bridgehead atoms. The van der Waals surface area contributed by atoms with Crippen molar-refractivity contribution in [1.82, 2.24) is 0 Å². The van der Waals surface area contributed by atoms with E-state index in [1.807, 2.05) is 18.2 Å². The maximum absolute atomic E-state index is 11.6. The number of hydrogen-bond donors (Lipinski definition) is 1. The first-order valence-corrected chi connectivity index (χ1v) is 5.55. The average Bonchev–Trinajstić information content (AvgIpc) is 2.30. The lowest BCUT2D eigenvalue weighted by Gasteiger charge is -2.20. The molecule has 0 amide bonds. The van der Waals surface area contributed by atoms with Crippen LogP contribution in [0.1, 0.15) is 25.3 Å². The summed E-state index contributed by atoms with van der Waals surface area (Å²) in [5, 5.41) is 0. The van der Waals surface area contributed by atoms with Gasteiger partial charge in [-0.2, -0.15) is 0 Å². The van der Waals surface area contributed by atoms with E-state index >= 15 is 0 Å². The Hall–Kier alpha value is -1.68. The van der Waals surface area contributed by atoms with Crippen molar-refractivity contribution >= 4 is 11.8 Å². The van der Waals surface area contributed by atoms with Crippen molar-refractivity contribution in [3.63, 3.8) is 0 Å². The van der Waals surface area contributed by atoms with Gasteiger partial charge >= 0.3 is 5.97 Å². The van der Waals surface area contributed by atoms with Crippen molar-refractivity contribution in [3.8, 4) is 0 Å². The maximum Gasteiger partial charge on any atom is 0.324 e. The van der Waals surface area contributed by atoms with E-state index in [0.29, 0.717) is 0 Å². The van der Waals surface area contributed by atoms with Crippen LogP contribution in [0.4, 0.5) is 0 Å². The number of Topliss-reactive ketones (excluding diaryl/α,β-unsaturated/α-hetero) is 1. The van der Waals surface area contributed by atoms with Crippen LogP contribution in [0.5, 0.6) is 0 Å². The Bertz CT molecular complexity index is 389. The van der Waals surface area contributed by atoms with Gasteiger partial charge in [0.25, 0.3) is 0 Å². The van der Waals surface area contributed by atoms with Crippen LogP contribution in [0.15, 0.2) is 30.3 Å². The Kier molecular flexibility index (Phi) is 4.84. The summed E-state index contributed by atoms with van der Waals surface area (Å²) in [4.78, 5) is 23.2. The van der Waals surface area contributed by atoms with Gasteiger partial charge in [0.1, 0.15) is 11.8 Å². The van der Waals surface area contributed by atoms with Crippen molar-refractivity contribution in [2.24, 2.45) is 5.73 Å². The molecular weight excluding hydrogens is 218 g/mol. The second-order valence-electron chi connectivity index (χ2n) is 3.78. The van der Waals surface area contributed by atoms with Crippen LogP contribution < -0.4 is 5.73 Å². The van der Waals surface area contributed by atoms with Gasteiger partial charge in [0, 0.05) is 0 Å². The molecule has 0 aliphatic carbocycles. The molecule has 4 heteroatoms. The zero-order chi connectivity index (χ0) is 12.8. The largest absolute Gasteiger partial charge is 0.465 e. The molecule has 0 fully saturated rings. The van der Waals surface area contributed by atoms with E-state index in [2.05, 4.69) is 0 Å². The summed E-state index contributed by atoms with van der Waals surface area (Å²) in [5.74, 6) is -1.33. The van der Waals surface area contributed by atoms with Crippen LogP contribution in [-0.2, 0) is 14.3 Å². The minimum atomic E-state index is -0.949. The van der Waals surface area contributed by atoms with Crippen molar-refractivity contribution < 1.29 is 14.3 Å². The molecule has 0 spiro atoms. The smallest absolute Gasteiger partial charge is 0.324 e. The summed E-state index contributed by atoms with van der Waals surface area (Å²) in [5.41, 5.74) is 6.52. The van der Waals surface area contributed by atoms with E-state index < -0.39 is 17.9 Å². The van der Waals surface area contributed by atoms with Gasteiger partial charge in [-0.1, -0.05) is 30.3 Å². The zero-order valence-electron chi connectivity index (χ0n) is 10.1. The van der Waals surface area contributed by atoms with Crippen molar-refractivity contribution in [2.45, 2.75) is 25.8 Å². The molecule has 4 nitrogen and oxygen atoms in total. The highest BCUT2D eigenvalue weighted by Crippen LogP contribution is 2.20. The molecule has 2 atom stereocenters. The summed E-state index contributed by atoms with van der Waals surface area (Å²) in [6, 6.07) is 8.08. The van der Waals surface area contributed by atoms with Gasteiger partial charge in [-0.05, 0) is 19.4 Å². The van der Waals surface area contributed by atoms with Gasteiger partial charge in [-0.3, -0.25) is 9.59 Å². The summed E-state index contributed by atoms with van der Waals surface area (Å²) in [7, 11) is 0. The van der Waals surface area contributed by atoms with Gasteiger partial charge in [-0.15, -0.1) is 0 Å². The number of ketones is 1. The molecule has 1 rings (SSSR count). The number of hydrogen-bond acceptors (Lipinski definition) is 4. The Balaban J connectivity index is 2.94. The lowest BCUT2D eigenvalue weighted by Crippen LogP contribution is -2.41.